The van der Waals surface area contributed by atoms with Crippen molar-refractivity contribution in [3.8, 4) is 5.75 Å². The van der Waals surface area contributed by atoms with Crippen molar-refractivity contribution in [1.82, 2.24) is 19.9 Å². The lowest BCUT2D eigenvalue weighted by molar-refractivity contribution is 0.414. The highest BCUT2D eigenvalue weighted by molar-refractivity contribution is 7.99. The number of rotatable bonds is 3. The summed E-state index contributed by atoms with van der Waals surface area (Å²) in [6.45, 7) is 0. The lowest BCUT2D eigenvalue weighted by Crippen LogP contribution is -1.90. The molecule has 7 heteroatoms. The second-order valence-corrected chi connectivity index (χ2v) is 4.89. The summed E-state index contributed by atoms with van der Waals surface area (Å²) in [7, 11) is 1.61. The van der Waals surface area contributed by atoms with Crippen LogP contribution in [0.4, 0.5) is 5.69 Å². The molecule has 6 nitrogen and oxygen atoms in total. The summed E-state index contributed by atoms with van der Waals surface area (Å²) < 4.78 is 5.20. The van der Waals surface area contributed by atoms with Crippen LogP contribution in [0.15, 0.2) is 40.8 Å². The second-order valence-electron chi connectivity index (χ2n) is 3.82. The molecule has 0 aliphatic carbocycles. The maximum Gasteiger partial charge on any atom is 0.181 e. The van der Waals surface area contributed by atoms with Gasteiger partial charge in [-0.05, 0) is 12.1 Å². The molecule has 96 valence electrons. The maximum absolute atomic E-state index is 5.84. The van der Waals surface area contributed by atoms with E-state index in [2.05, 4.69) is 19.9 Å². The fourth-order valence-corrected chi connectivity index (χ4v) is 2.65. The Balaban J connectivity index is 2.01. The Labute approximate surface area is 113 Å². The topological polar surface area (TPSA) is 89.7 Å². The zero-order valence-corrected chi connectivity index (χ0v) is 10.9. The number of nitrogen functional groups attached to an aromatic ring is 1. The number of ether oxygens (including phenoxy) is 1. The molecule has 1 aromatic carbocycles. The number of methoxy groups -OCH3 is 1. The van der Waals surface area contributed by atoms with Crippen LogP contribution in [0.5, 0.6) is 5.75 Å². The lowest BCUT2D eigenvalue weighted by Gasteiger charge is -2.06. The number of fused-ring (bicyclic) bond motifs is 1. The Kier molecular flexibility index (Phi) is 2.96. The van der Waals surface area contributed by atoms with Crippen LogP contribution < -0.4 is 10.5 Å². The van der Waals surface area contributed by atoms with Crippen LogP contribution in [0, 0.1) is 0 Å². The van der Waals surface area contributed by atoms with Gasteiger partial charge in [-0.2, -0.15) is 0 Å². The Morgan fingerprint density at radius 1 is 1.21 bits per heavy atom. The molecular formula is C12H11N5OS. The number of nitrogens with one attached hydrogen (secondary N) is 1. The Morgan fingerprint density at radius 3 is 2.95 bits per heavy atom. The van der Waals surface area contributed by atoms with Gasteiger partial charge in [-0.3, -0.25) is 0 Å². The second kappa shape index (κ2) is 4.77. The molecule has 0 aliphatic heterocycles. The molecule has 2 aromatic heterocycles. The predicted molar refractivity (Wildman–Crippen MR) is 73.2 cm³/mol. The SMILES string of the molecule is COc1cc(N)cc(Sc2ncnc3nc[nH]c23)c1. The molecule has 0 spiro atoms. The van der Waals surface area contributed by atoms with E-state index < -0.39 is 0 Å². The first-order valence-corrected chi connectivity index (χ1v) is 6.34. The van der Waals surface area contributed by atoms with Crippen LogP contribution in [0.3, 0.4) is 0 Å². The molecule has 2 heterocycles. The van der Waals surface area contributed by atoms with Gasteiger partial charge in [-0.15, -0.1) is 0 Å². The average Bonchev–Trinajstić information content (AvgIpc) is 2.87. The van der Waals surface area contributed by atoms with Crippen molar-refractivity contribution in [2.75, 3.05) is 12.8 Å². The van der Waals surface area contributed by atoms with Gasteiger partial charge >= 0.3 is 0 Å². The van der Waals surface area contributed by atoms with Crippen molar-refractivity contribution in [2.24, 2.45) is 0 Å². The Bertz CT molecular complexity index is 727. The quantitative estimate of drug-likeness (QED) is 0.561. The number of nitrogens with zero attached hydrogens (tertiary/aromatic N) is 3. The molecule has 0 fully saturated rings. The van der Waals surface area contributed by atoms with Gasteiger partial charge in [-0.25, -0.2) is 15.0 Å². The van der Waals surface area contributed by atoms with Gasteiger partial charge < -0.3 is 15.5 Å². The standard InChI is InChI=1S/C12H11N5OS/c1-18-8-2-7(13)3-9(4-8)19-12-10-11(15-5-14-10)16-6-17-12/h2-6H,13H2,1H3,(H,14,15,16,17). The third-order valence-electron chi connectivity index (χ3n) is 2.54. The van der Waals surface area contributed by atoms with E-state index in [1.54, 1.807) is 19.5 Å². The lowest BCUT2D eigenvalue weighted by atomic mass is 10.3. The van der Waals surface area contributed by atoms with Crippen molar-refractivity contribution < 1.29 is 4.74 Å². The monoisotopic (exact) mass is 273 g/mol. The van der Waals surface area contributed by atoms with Crippen LogP contribution in [0.25, 0.3) is 11.2 Å². The Morgan fingerprint density at radius 2 is 2.11 bits per heavy atom. The first-order chi connectivity index (χ1) is 9.26. The van der Waals surface area contributed by atoms with Gasteiger partial charge in [0.2, 0.25) is 0 Å². The van der Waals surface area contributed by atoms with Crippen LogP contribution in [0.1, 0.15) is 0 Å². The summed E-state index contributed by atoms with van der Waals surface area (Å²) in [6.07, 6.45) is 3.10. The van der Waals surface area contributed by atoms with E-state index in [0.29, 0.717) is 11.3 Å². The number of benzene rings is 1. The average molecular weight is 273 g/mol. The molecule has 3 aromatic rings. The van der Waals surface area contributed by atoms with Crippen LogP contribution in [-0.4, -0.2) is 27.0 Å². The van der Waals surface area contributed by atoms with E-state index >= 15 is 0 Å². The Hall–Kier alpha value is -2.28. The molecule has 0 aliphatic rings. The molecular weight excluding hydrogens is 262 g/mol. The smallest absolute Gasteiger partial charge is 0.181 e. The van der Waals surface area contributed by atoms with E-state index in [1.165, 1.54) is 18.1 Å². The van der Waals surface area contributed by atoms with Gasteiger partial charge in [0.1, 0.15) is 22.6 Å². The molecule has 0 saturated heterocycles. The van der Waals surface area contributed by atoms with Crippen molar-refractivity contribution in [3.05, 3.63) is 30.9 Å². The highest BCUT2D eigenvalue weighted by Crippen LogP contribution is 2.33. The molecule has 0 atom stereocenters. The van der Waals surface area contributed by atoms with Crippen molar-refractivity contribution in [3.63, 3.8) is 0 Å². The summed E-state index contributed by atoms with van der Waals surface area (Å²) in [4.78, 5) is 16.4. The van der Waals surface area contributed by atoms with Gasteiger partial charge in [0.25, 0.3) is 0 Å². The molecule has 0 bridgehead atoms. The highest BCUT2D eigenvalue weighted by atomic mass is 32.2. The number of aromatic amines is 1. The fourth-order valence-electron chi connectivity index (χ4n) is 1.70. The van der Waals surface area contributed by atoms with Gasteiger partial charge in [0.15, 0.2) is 5.65 Å². The predicted octanol–water partition coefficient (Wildman–Crippen LogP) is 2.09. The van der Waals surface area contributed by atoms with Crippen molar-refractivity contribution in [1.29, 1.82) is 0 Å². The summed E-state index contributed by atoms with van der Waals surface area (Å²) in [5.74, 6) is 0.720. The minimum Gasteiger partial charge on any atom is -0.497 e. The van der Waals surface area contributed by atoms with E-state index in [-0.39, 0.29) is 0 Å². The van der Waals surface area contributed by atoms with Crippen molar-refractivity contribution >= 4 is 28.6 Å². The number of nitrogens with two attached hydrogens (primary N) is 1. The number of aromatic nitrogens is 4. The maximum atomic E-state index is 5.84. The van der Waals surface area contributed by atoms with E-state index in [9.17, 15) is 0 Å². The zero-order valence-electron chi connectivity index (χ0n) is 10.1. The summed E-state index contributed by atoms with van der Waals surface area (Å²) in [5.41, 5.74) is 7.95. The van der Waals surface area contributed by atoms with E-state index in [1.807, 2.05) is 12.1 Å². The van der Waals surface area contributed by atoms with Crippen molar-refractivity contribution in [2.45, 2.75) is 9.92 Å². The van der Waals surface area contributed by atoms with Crippen LogP contribution in [-0.2, 0) is 0 Å². The van der Waals surface area contributed by atoms with Crippen LogP contribution >= 0.6 is 11.8 Å². The fraction of sp³-hybridized carbons (Fsp3) is 0.0833. The number of H-pyrrole nitrogens is 1. The molecule has 0 unspecified atom stereocenters. The highest BCUT2D eigenvalue weighted by Gasteiger charge is 2.08. The first-order valence-electron chi connectivity index (χ1n) is 5.53. The third-order valence-corrected chi connectivity index (χ3v) is 3.52. The first kappa shape index (κ1) is 11.8. The molecule has 0 radical (unpaired) electrons. The molecule has 0 saturated carbocycles. The number of hydrogen-bond donors (Lipinski definition) is 2. The largest absolute Gasteiger partial charge is 0.497 e. The minimum atomic E-state index is 0.647. The van der Waals surface area contributed by atoms with E-state index in [0.717, 1.165) is 21.2 Å². The number of imidazole rings is 1. The summed E-state index contributed by atoms with van der Waals surface area (Å²) >= 11 is 1.48. The third kappa shape index (κ3) is 2.32. The van der Waals surface area contributed by atoms with E-state index in [4.69, 9.17) is 10.5 Å². The zero-order chi connectivity index (χ0) is 13.2. The summed E-state index contributed by atoms with van der Waals surface area (Å²) in [6, 6.07) is 5.55. The number of anilines is 1. The molecule has 19 heavy (non-hydrogen) atoms. The van der Waals surface area contributed by atoms with Gasteiger partial charge in [0, 0.05) is 16.6 Å². The minimum absolute atomic E-state index is 0.647. The van der Waals surface area contributed by atoms with Crippen LogP contribution in [0.2, 0.25) is 0 Å². The molecule has 0 amide bonds. The molecule has 3 N–H and O–H groups in total. The van der Waals surface area contributed by atoms with Gasteiger partial charge in [0.05, 0.1) is 13.4 Å². The summed E-state index contributed by atoms with van der Waals surface area (Å²) in [5, 5.41) is 0.801. The number of hydrogen-bond acceptors (Lipinski definition) is 6. The van der Waals surface area contributed by atoms with Gasteiger partial charge in [-0.1, -0.05) is 11.8 Å². The molecule has 3 rings (SSSR count). The normalized spacial score (nSPS) is 10.8.